The molecule has 0 aliphatic heterocycles. The molecule has 0 aromatic carbocycles. The van der Waals surface area contributed by atoms with Gasteiger partial charge in [0, 0.05) is 0 Å². The Hall–Kier alpha value is 0.495. The molecule has 0 heterocycles. The molecular weight excluding hydrogens is 150 g/mol. The second-order valence-electron chi connectivity index (χ2n) is 6.12. The van der Waals surface area contributed by atoms with Crippen LogP contribution in [-0.2, 0) is 0 Å². The van der Waals surface area contributed by atoms with Crippen LogP contribution in [0.15, 0.2) is 0 Å². The molecule has 2 heteroatoms. The molecule has 0 atom stereocenters. The van der Waals surface area contributed by atoms with E-state index in [1.54, 1.807) is 0 Å². The minimum absolute atomic E-state index is 0.519. The Morgan fingerprint density at radius 2 is 1.00 bits per heavy atom. The first-order valence-corrected chi connectivity index (χ1v) is 7.50. The summed E-state index contributed by atoms with van der Waals surface area (Å²) in [6, 6.07) is 0. The molecule has 0 spiro atoms. The van der Waals surface area contributed by atoms with Gasteiger partial charge in [-0.15, -0.1) is 0 Å². The Morgan fingerprint density at radius 1 is 0.818 bits per heavy atom. The van der Waals surface area contributed by atoms with Gasteiger partial charge >= 0.3 is 73.2 Å². The third-order valence-electron chi connectivity index (χ3n) is 3.75. The van der Waals surface area contributed by atoms with E-state index < -0.39 is 7.14 Å². The molecule has 0 saturated carbocycles. The van der Waals surface area contributed by atoms with Crippen LogP contribution in [0.25, 0.3) is 0 Å². The predicted octanol–water partition coefficient (Wildman–Crippen LogP) is 2.51. The van der Waals surface area contributed by atoms with Gasteiger partial charge in [-0.1, -0.05) is 0 Å². The molecule has 0 aromatic rings. The van der Waals surface area contributed by atoms with Crippen molar-refractivity contribution in [1.82, 2.24) is 0 Å². The molecule has 0 aromatic heterocycles. The van der Waals surface area contributed by atoms with Gasteiger partial charge < -0.3 is 0 Å². The topological polar surface area (TPSA) is 0 Å². The molecule has 68 valence electrons. The molecule has 0 fully saturated rings. The van der Waals surface area contributed by atoms with Gasteiger partial charge in [-0.25, -0.2) is 0 Å². The standard InChI is InChI=1S/C9H24BP/c1-8(2,3)11(7,10)9(4,5)6/h11H,10H2,1-7H3. The van der Waals surface area contributed by atoms with Crippen molar-refractivity contribution in [3.8, 4) is 0 Å². The van der Waals surface area contributed by atoms with E-state index in [9.17, 15) is 0 Å². The number of rotatable bonds is 0. The molecule has 0 aliphatic carbocycles. The van der Waals surface area contributed by atoms with Crippen LogP contribution >= 0.6 is 7.14 Å². The first kappa shape index (κ1) is 11.5. The SMILES string of the molecule is B[PH](C)(C(C)(C)C)C(C)(C)C. The quantitative estimate of drug-likeness (QED) is 0.391. The number of hydrogen-bond donors (Lipinski definition) is 0. The van der Waals surface area contributed by atoms with E-state index in [-0.39, 0.29) is 0 Å². The predicted molar refractivity (Wildman–Crippen MR) is 62.3 cm³/mol. The van der Waals surface area contributed by atoms with E-state index in [1.165, 1.54) is 0 Å². The summed E-state index contributed by atoms with van der Waals surface area (Å²) in [5.41, 5.74) is 0. The summed E-state index contributed by atoms with van der Waals surface area (Å²) in [7, 11) is 1.39. The van der Waals surface area contributed by atoms with Crippen molar-refractivity contribution in [1.29, 1.82) is 0 Å². The zero-order valence-electron chi connectivity index (χ0n) is 9.50. The second-order valence-corrected chi connectivity index (χ2v) is 12.4. The molecule has 0 amide bonds. The zero-order valence-corrected chi connectivity index (χ0v) is 10.5. The van der Waals surface area contributed by atoms with E-state index in [2.05, 4.69) is 55.8 Å². The van der Waals surface area contributed by atoms with Crippen LogP contribution in [0.3, 0.4) is 0 Å². The van der Waals surface area contributed by atoms with E-state index in [1.807, 2.05) is 0 Å². The molecule has 0 aliphatic rings. The first-order chi connectivity index (χ1) is 4.50. The maximum absolute atomic E-state index is 2.49. The van der Waals surface area contributed by atoms with Crippen LogP contribution in [0.5, 0.6) is 0 Å². The monoisotopic (exact) mass is 174 g/mol. The van der Waals surface area contributed by atoms with E-state index in [0.29, 0.717) is 10.3 Å². The molecule has 0 saturated heterocycles. The van der Waals surface area contributed by atoms with Crippen LogP contribution in [0, 0.1) is 0 Å². The van der Waals surface area contributed by atoms with E-state index in [0.717, 1.165) is 0 Å². The summed E-state index contributed by atoms with van der Waals surface area (Å²) in [6.07, 6.45) is 0. The summed E-state index contributed by atoms with van der Waals surface area (Å²) >= 11 is 0. The van der Waals surface area contributed by atoms with Gasteiger partial charge in [0.15, 0.2) is 0 Å². The molecule has 0 rings (SSSR count). The van der Waals surface area contributed by atoms with Crippen LogP contribution in [0.2, 0.25) is 0 Å². The molecule has 0 bridgehead atoms. The average molecular weight is 174 g/mol. The Balaban J connectivity index is 4.75. The fraction of sp³-hybridized carbons (Fsp3) is 1.00. The fourth-order valence-electron chi connectivity index (χ4n) is 1.12. The first-order valence-electron chi connectivity index (χ1n) is 4.50. The van der Waals surface area contributed by atoms with Crippen LogP contribution in [0.1, 0.15) is 41.5 Å². The Labute approximate surface area is 73.9 Å². The Morgan fingerprint density at radius 3 is 1.00 bits per heavy atom. The van der Waals surface area contributed by atoms with Gasteiger partial charge in [0.05, 0.1) is 0 Å². The van der Waals surface area contributed by atoms with Crippen molar-refractivity contribution in [3.63, 3.8) is 0 Å². The molecule has 0 radical (unpaired) electrons. The average Bonchev–Trinajstić information content (AvgIpc) is 1.58. The summed E-state index contributed by atoms with van der Waals surface area (Å²) in [4.78, 5) is 0. The van der Waals surface area contributed by atoms with Crippen molar-refractivity contribution >= 4 is 14.7 Å². The van der Waals surface area contributed by atoms with Gasteiger partial charge in [0.1, 0.15) is 0 Å². The fourth-order valence-corrected chi connectivity index (χ4v) is 3.38. The van der Waals surface area contributed by atoms with Crippen molar-refractivity contribution in [2.45, 2.75) is 51.9 Å². The van der Waals surface area contributed by atoms with E-state index in [4.69, 9.17) is 0 Å². The summed E-state index contributed by atoms with van der Waals surface area (Å²) < 4.78 is 0. The van der Waals surface area contributed by atoms with Gasteiger partial charge in [0.2, 0.25) is 0 Å². The van der Waals surface area contributed by atoms with Gasteiger partial charge in [0.25, 0.3) is 0 Å². The summed E-state index contributed by atoms with van der Waals surface area (Å²) in [5.74, 6) is 0. The minimum atomic E-state index is -1.11. The molecule has 0 unspecified atom stereocenters. The molecule has 0 nitrogen and oxygen atoms in total. The maximum atomic E-state index is 2.49. The molecular formula is C9H24BP. The van der Waals surface area contributed by atoms with Gasteiger partial charge in [-0.2, -0.15) is 0 Å². The number of hydrogen-bond acceptors (Lipinski definition) is 0. The summed E-state index contributed by atoms with van der Waals surface area (Å²) in [5, 5.41) is 1.04. The van der Waals surface area contributed by atoms with Crippen LogP contribution in [-0.4, -0.2) is 24.5 Å². The Kier molecular flexibility index (Phi) is 2.89. The van der Waals surface area contributed by atoms with Crippen molar-refractivity contribution < 1.29 is 0 Å². The third kappa shape index (κ3) is 2.21. The van der Waals surface area contributed by atoms with Crippen LogP contribution < -0.4 is 0 Å². The third-order valence-corrected chi connectivity index (χ3v) is 11.2. The van der Waals surface area contributed by atoms with Gasteiger partial charge in [-0.05, 0) is 0 Å². The second kappa shape index (κ2) is 2.77. The van der Waals surface area contributed by atoms with E-state index >= 15 is 0 Å². The zero-order chi connectivity index (χ0) is 9.50. The Bertz CT molecular complexity index is 121. The van der Waals surface area contributed by atoms with Crippen molar-refractivity contribution in [2.75, 3.05) is 6.66 Å². The molecule has 0 N–H and O–H groups in total. The molecule has 11 heavy (non-hydrogen) atoms. The van der Waals surface area contributed by atoms with Crippen molar-refractivity contribution in [3.05, 3.63) is 0 Å². The van der Waals surface area contributed by atoms with Crippen molar-refractivity contribution in [2.24, 2.45) is 0 Å². The van der Waals surface area contributed by atoms with Gasteiger partial charge in [-0.3, -0.25) is 0 Å². The van der Waals surface area contributed by atoms with Crippen LogP contribution in [0.4, 0.5) is 0 Å². The summed E-state index contributed by atoms with van der Waals surface area (Å²) in [6.45, 7) is 16.8. The normalized spacial score (nSPS) is 16.6.